The van der Waals surface area contributed by atoms with Gasteiger partial charge in [-0.1, -0.05) is 11.6 Å². The summed E-state index contributed by atoms with van der Waals surface area (Å²) in [6, 6.07) is 3.02. The zero-order valence-electron chi connectivity index (χ0n) is 16.3. The van der Waals surface area contributed by atoms with Gasteiger partial charge in [0, 0.05) is 31.7 Å². The third kappa shape index (κ3) is 5.23. The van der Waals surface area contributed by atoms with E-state index in [0.29, 0.717) is 38.4 Å². The fourth-order valence-corrected chi connectivity index (χ4v) is 5.85. The highest BCUT2D eigenvalue weighted by atomic mass is 35.5. The number of pyridine rings is 1. The van der Waals surface area contributed by atoms with E-state index in [0.717, 1.165) is 19.5 Å². The summed E-state index contributed by atoms with van der Waals surface area (Å²) in [6.07, 6.45) is 5.92. The highest BCUT2D eigenvalue weighted by molar-refractivity contribution is 7.89. The van der Waals surface area contributed by atoms with E-state index in [9.17, 15) is 13.2 Å². The van der Waals surface area contributed by atoms with Gasteiger partial charge in [-0.2, -0.15) is 4.31 Å². The summed E-state index contributed by atoms with van der Waals surface area (Å²) >= 11 is 5.95. The molecule has 2 saturated heterocycles. The quantitative estimate of drug-likeness (QED) is 0.700. The van der Waals surface area contributed by atoms with Crippen LogP contribution in [-0.4, -0.2) is 68.3 Å². The SMILES string of the molecule is CN1CCC(CCNC(=O)C2CCN(S(=O)(=O)c3cccnc3Cl)CC2)CC1. The number of rotatable bonds is 6. The van der Waals surface area contributed by atoms with Gasteiger partial charge in [0.25, 0.3) is 0 Å². The van der Waals surface area contributed by atoms with E-state index in [2.05, 4.69) is 22.2 Å². The summed E-state index contributed by atoms with van der Waals surface area (Å²) in [7, 11) is -1.53. The van der Waals surface area contributed by atoms with E-state index in [1.807, 2.05) is 0 Å². The van der Waals surface area contributed by atoms with Crippen molar-refractivity contribution in [2.45, 2.75) is 37.0 Å². The van der Waals surface area contributed by atoms with E-state index < -0.39 is 10.0 Å². The monoisotopic (exact) mass is 428 g/mol. The first-order valence-electron chi connectivity index (χ1n) is 9.95. The number of nitrogens with one attached hydrogen (secondary N) is 1. The number of piperidine rings is 2. The van der Waals surface area contributed by atoms with Gasteiger partial charge in [0.15, 0.2) is 0 Å². The second kappa shape index (κ2) is 9.52. The minimum atomic E-state index is -3.67. The zero-order valence-corrected chi connectivity index (χ0v) is 17.9. The number of carbonyl (C=O) groups is 1. The third-order valence-corrected chi connectivity index (χ3v) is 8.20. The van der Waals surface area contributed by atoms with Gasteiger partial charge < -0.3 is 10.2 Å². The largest absolute Gasteiger partial charge is 0.356 e. The van der Waals surface area contributed by atoms with Crippen LogP contribution < -0.4 is 5.32 Å². The van der Waals surface area contributed by atoms with Crippen LogP contribution in [0.5, 0.6) is 0 Å². The van der Waals surface area contributed by atoms with E-state index in [1.54, 1.807) is 6.07 Å². The molecular weight excluding hydrogens is 400 g/mol. The first-order valence-corrected chi connectivity index (χ1v) is 11.8. The topological polar surface area (TPSA) is 82.6 Å². The number of hydrogen-bond donors (Lipinski definition) is 1. The molecule has 1 N–H and O–H groups in total. The Balaban J connectivity index is 1.44. The smallest absolute Gasteiger partial charge is 0.246 e. The van der Waals surface area contributed by atoms with Gasteiger partial charge in [0.05, 0.1) is 0 Å². The standard InChI is InChI=1S/C19H29ClN4O3S/c1-23-11-5-15(6-12-23)4-10-22-19(25)16-7-13-24(14-8-16)28(26,27)17-3-2-9-21-18(17)20/h2-3,9,15-16H,4-8,10-14H2,1H3,(H,22,25). The molecule has 0 saturated carbocycles. The molecule has 2 aliphatic heterocycles. The molecule has 0 radical (unpaired) electrons. The zero-order chi connectivity index (χ0) is 20.1. The molecule has 156 valence electrons. The molecular formula is C19H29ClN4O3S. The van der Waals surface area contributed by atoms with Crippen molar-refractivity contribution in [2.24, 2.45) is 11.8 Å². The van der Waals surface area contributed by atoms with Crippen LogP contribution in [0.2, 0.25) is 5.15 Å². The Hall–Kier alpha value is -1.22. The number of carbonyl (C=O) groups excluding carboxylic acids is 1. The van der Waals surface area contributed by atoms with Crippen LogP contribution >= 0.6 is 11.6 Å². The highest BCUT2D eigenvalue weighted by Gasteiger charge is 2.33. The summed E-state index contributed by atoms with van der Waals surface area (Å²) in [6.45, 7) is 3.61. The van der Waals surface area contributed by atoms with Crippen molar-refractivity contribution in [1.82, 2.24) is 19.5 Å². The van der Waals surface area contributed by atoms with Crippen molar-refractivity contribution in [3.8, 4) is 0 Å². The van der Waals surface area contributed by atoms with Crippen LogP contribution in [0, 0.1) is 11.8 Å². The average molecular weight is 429 g/mol. The predicted molar refractivity (Wildman–Crippen MR) is 109 cm³/mol. The Morgan fingerprint density at radius 2 is 1.89 bits per heavy atom. The van der Waals surface area contributed by atoms with Crippen molar-refractivity contribution in [1.29, 1.82) is 0 Å². The molecule has 9 heteroatoms. The number of amides is 1. The fourth-order valence-electron chi connectivity index (χ4n) is 3.96. The molecule has 1 aromatic rings. The molecule has 3 heterocycles. The minimum Gasteiger partial charge on any atom is -0.356 e. The van der Waals surface area contributed by atoms with Crippen molar-refractivity contribution in [2.75, 3.05) is 39.8 Å². The van der Waals surface area contributed by atoms with Gasteiger partial charge in [0.2, 0.25) is 15.9 Å². The van der Waals surface area contributed by atoms with Crippen molar-refractivity contribution < 1.29 is 13.2 Å². The molecule has 0 aromatic carbocycles. The van der Waals surface area contributed by atoms with Crippen molar-refractivity contribution in [3.05, 3.63) is 23.5 Å². The second-order valence-electron chi connectivity index (χ2n) is 7.80. The molecule has 2 fully saturated rings. The molecule has 0 unspecified atom stereocenters. The average Bonchev–Trinajstić information content (AvgIpc) is 2.69. The number of likely N-dealkylation sites (tertiary alicyclic amines) is 1. The maximum absolute atomic E-state index is 12.8. The Morgan fingerprint density at radius 1 is 1.21 bits per heavy atom. The Labute approximate surface area is 172 Å². The lowest BCUT2D eigenvalue weighted by atomic mass is 9.93. The van der Waals surface area contributed by atoms with Gasteiger partial charge in [-0.3, -0.25) is 4.79 Å². The van der Waals surface area contributed by atoms with Gasteiger partial charge in [0.1, 0.15) is 10.0 Å². The molecule has 3 rings (SSSR count). The van der Waals surface area contributed by atoms with Crippen LogP contribution in [-0.2, 0) is 14.8 Å². The first kappa shape index (κ1) is 21.5. The number of sulfonamides is 1. The van der Waals surface area contributed by atoms with E-state index in [1.165, 1.54) is 29.4 Å². The predicted octanol–water partition coefficient (Wildman–Crippen LogP) is 1.98. The van der Waals surface area contributed by atoms with Gasteiger partial charge in [-0.15, -0.1) is 0 Å². The third-order valence-electron chi connectivity index (χ3n) is 5.86. The number of hydrogen-bond acceptors (Lipinski definition) is 5. The number of halogens is 1. The van der Waals surface area contributed by atoms with E-state index in [4.69, 9.17) is 11.6 Å². The maximum Gasteiger partial charge on any atom is 0.246 e. The molecule has 0 aliphatic carbocycles. The summed E-state index contributed by atoms with van der Waals surface area (Å²) in [5, 5.41) is 3.04. The first-order chi connectivity index (χ1) is 13.4. The maximum atomic E-state index is 12.8. The van der Waals surface area contributed by atoms with Gasteiger partial charge >= 0.3 is 0 Å². The molecule has 0 spiro atoms. The Bertz CT molecular complexity index is 773. The summed E-state index contributed by atoms with van der Waals surface area (Å²) in [5.41, 5.74) is 0. The Kier molecular flexibility index (Phi) is 7.31. The molecule has 0 bridgehead atoms. The van der Waals surface area contributed by atoms with Crippen LogP contribution in [0.25, 0.3) is 0 Å². The minimum absolute atomic E-state index is 0.0173. The normalized spacial score (nSPS) is 20.9. The van der Waals surface area contributed by atoms with Gasteiger partial charge in [-0.25, -0.2) is 13.4 Å². The summed E-state index contributed by atoms with van der Waals surface area (Å²) in [5.74, 6) is 0.602. The summed E-state index contributed by atoms with van der Waals surface area (Å²) < 4.78 is 26.9. The highest BCUT2D eigenvalue weighted by Crippen LogP contribution is 2.27. The lowest BCUT2D eigenvalue weighted by molar-refractivity contribution is -0.126. The van der Waals surface area contributed by atoms with Crippen LogP contribution in [0.1, 0.15) is 32.1 Å². The lowest BCUT2D eigenvalue weighted by Gasteiger charge is -2.31. The molecule has 0 atom stereocenters. The van der Waals surface area contributed by atoms with Crippen LogP contribution in [0.3, 0.4) is 0 Å². The molecule has 1 amide bonds. The Morgan fingerprint density at radius 3 is 2.54 bits per heavy atom. The van der Waals surface area contributed by atoms with E-state index in [-0.39, 0.29) is 21.9 Å². The van der Waals surface area contributed by atoms with Gasteiger partial charge in [-0.05, 0) is 70.3 Å². The molecule has 1 aromatic heterocycles. The number of nitrogens with zero attached hydrogens (tertiary/aromatic N) is 3. The molecule has 7 nitrogen and oxygen atoms in total. The molecule has 28 heavy (non-hydrogen) atoms. The van der Waals surface area contributed by atoms with Crippen LogP contribution in [0.15, 0.2) is 23.2 Å². The fraction of sp³-hybridized carbons (Fsp3) is 0.684. The number of aromatic nitrogens is 1. The van der Waals surface area contributed by atoms with Crippen LogP contribution in [0.4, 0.5) is 0 Å². The second-order valence-corrected chi connectivity index (χ2v) is 10.1. The lowest BCUT2D eigenvalue weighted by Crippen LogP contribution is -2.43. The van der Waals surface area contributed by atoms with E-state index >= 15 is 0 Å². The summed E-state index contributed by atoms with van der Waals surface area (Å²) in [4.78, 5) is 18.7. The van der Waals surface area contributed by atoms with Crippen molar-refractivity contribution >= 4 is 27.5 Å². The van der Waals surface area contributed by atoms with Crippen molar-refractivity contribution in [3.63, 3.8) is 0 Å². The molecule has 2 aliphatic rings.